The molecule has 0 saturated heterocycles. The highest BCUT2D eigenvalue weighted by atomic mass is 127. The lowest BCUT2D eigenvalue weighted by molar-refractivity contribution is 0.682. The van der Waals surface area contributed by atoms with Gasteiger partial charge in [-0.1, -0.05) is 24.3 Å². The minimum atomic E-state index is 0. The van der Waals surface area contributed by atoms with Crippen molar-refractivity contribution in [2.45, 2.75) is 33.4 Å². The molecule has 1 unspecified atom stereocenters. The van der Waals surface area contributed by atoms with Crippen LogP contribution in [0.15, 0.2) is 34.6 Å². The third-order valence-corrected chi connectivity index (χ3v) is 4.73. The standard InChI is InChI=1S/C18H27N5S.HI/c1-6-19-17(20-11-15-12-24-18(22-15)23(4)5)21-14(3)16-10-8-7-9-13(16)2;/h7-10,12,14H,6,11H2,1-5H3,(H2,19,20,21);1H. The molecule has 0 radical (unpaired) electrons. The molecular formula is C18H28IN5S. The minimum absolute atomic E-state index is 0. The molecular weight excluding hydrogens is 445 g/mol. The number of hydrogen-bond donors (Lipinski definition) is 2. The van der Waals surface area contributed by atoms with Crippen LogP contribution in [0.5, 0.6) is 0 Å². The van der Waals surface area contributed by atoms with Gasteiger partial charge in [-0.3, -0.25) is 0 Å². The molecule has 2 N–H and O–H groups in total. The second-order valence-electron chi connectivity index (χ2n) is 5.93. The Morgan fingerprint density at radius 2 is 2.04 bits per heavy atom. The molecule has 0 aliphatic carbocycles. The van der Waals surface area contributed by atoms with Crippen LogP contribution in [0.3, 0.4) is 0 Å². The quantitative estimate of drug-likeness (QED) is 0.379. The summed E-state index contributed by atoms with van der Waals surface area (Å²) in [5.74, 6) is 0.813. The van der Waals surface area contributed by atoms with E-state index in [-0.39, 0.29) is 30.0 Å². The van der Waals surface area contributed by atoms with Crippen molar-refractivity contribution >= 4 is 46.4 Å². The fourth-order valence-corrected chi connectivity index (χ4v) is 3.16. The third kappa shape index (κ3) is 6.47. The van der Waals surface area contributed by atoms with Crippen molar-refractivity contribution in [3.05, 3.63) is 46.5 Å². The number of aliphatic imine (C=N–C) groups is 1. The van der Waals surface area contributed by atoms with E-state index in [1.807, 2.05) is 19.0 Å². The first-order valence-electron chi connectivity index (χ1n) is 8.23. The number of rotatable bonds is 6. The Kier molecular flexibility index (Phi) is 9.20. The topological polar surface area (TPSA) is 52.6 Å². The lowest BCUT2D eigenvalue weighted by Crippen LogP contribution is -2.38. The summed E-state index contributed by atoms with van der Waals surface area (Å²) < 4.78 is 0. The predicted octanol–water partition coefficient (Wildman–Crippen LogP) is 3.95. The van der Waals surface area contributed by atoms with E-state index in [1.54, 1.807) is 11.3 Å². The van der Waals surface area contributed by atoms with Gasteiger partial charge in [0.15, 0.2) is 11.1 Å². The number of hydrogen-bond acceptors (Lipinski definition) is 4. The summed E-state index contributed by atoms with van der Waals surface area (Å²) in [5, 5.41) is 9.85. The zero-order chi connectivity index (χ0) is 17.5. The van der Waals surface area contributed by atoms with E-state index in [0.717, 1.165) is 23.3 Å². The second kappa shape index (κ2) is 10.6. The molecule has 0 amide bonds. The first-order chi connectivity index (χ1) is 11.5. The zero-order valence-electron chi connectivity index (χ0n) is 15.5. The molecule has 1 aromatic carbocycles. The van der Waals surface area contributed by atoms with Crippen LogP contribution in [0.25, 0.3) is 0 Å². The maximum atomic E-state index is 4.67. The maximum Gasteiger partial charge on any atom is 0.192 e. The van der Waals surface area contributed by atoms with Crippen molar-refractivity contribution in [1.82, 2.24) is 15.6 Å². The Morgan fingerprint density at radius 1 is 1.32 bits per heavy atom. The van der Waals surface area contributed by atoms with Crippen LogP contribution in [0.1, 0.15) is 36.7 Å². The van der Waals surface area contributed by atoms with E-state index in [2.05, 4.69) is 71.0 Å². The largest absolute Gasteiger partial charge is 0.357 e. The summed E-state index contributed by atoms with van der Waals surface area (Å²) in [4.78, 5) is 11.3. The van der Waals surface area contributed by atoms with Crippen molar-refractivity contribution in [3.8, 4) is 0 Å². The Morgan fingerprint density at radius 3 is 2.64 bits per heavy atom. The number of aromatic nitrogens is 1. The Balaban J connectivity index is 0.00000312. The molecule has 0 fully saturated rings. The van der Waals surface area contributed by atoms with Crippen molar-refractivity contribution in [1.29, 1.82) is 0 Å². The Labute approximate surface area is 172 Å². The van der Waals surface area contributed by atoms with Crippen LogP contribution in [0, 0.1) is 6.92 Å². The van der Waals surface area contributed by atoms with Crippen molar-refractivity contribution in [2.75, 3.05) is 25.5 Å². The zero-order valence-corrected chi connectivity index (χ0v) is 18.7. The normalized spacial score (nSPS) is 12.3. The minimum Gasteiger partial charge on any atom is -0.357 e. The van der Waals surface area contributed by atoms with Crippen LogP contribution in [0.4, 0.5) is 5.13 Å². The Hall–Kier alpha value is -1.35. The number of nitrogens with one attached hydrogen (secondary N) is 2. The van der Waals surface area contributed by atoms with E-state index in [4.69, 9.17) is 0 Å². The average molecular weight is 473 g/mol. The highest BCUT2D eigenvalue weighted by Crippen LogP contribution is 2.19. The van der Waals surface area contributed by atoms with Gasteiger partial charge in [0.25, 0.3) is 0 Å². The van der Waals surface area contributed by atoms with Gasteiger partial charge in [-0.2, -0.15) is 0 Å². The van der Waals surface area contributed by atoms with Crippen molar-refractivity contribution in [3.63, 3.8) is 0 Å². The van der Waals surface area contributed by atoms with Crippen LogP contribution < -0.4 is 15.5 Å². The highest BCUT2D eigenvalue weighted by molar-refractivity contribution is 14.0. The lowest BCUT2D eigenvalue weighted by Gasteiger charge is -2.19. The van der Waals surface area contributed by atoms with Gasteiger partial charge >= 0.3 is 0 Å². The van der Waals surface area contributed by atoms with E-state index in [9.17, 15) is 0 Å². The summed E-state index contributed by atoms with van der Waals surface area (Å²) in [6.07, 6.45) is 0. The number of thiazole rings is 1. The van der Waals surface area contributed by atoms with Gasteiger partial charge < -0.3 is 15.5 Å². The number of guanidine groups is 1. The summed E-state index contributed by atoms with van der Waals surface area (Å²) in [7, 11) is 4.00. The van der Waals surface area contributed by atoms with Gasteiger partial charge in [0.1, 0.15) is 0 Å². The molecule has 1 heterocycles. The van der Waals surface area contributed by atoms with Gasteiger partial charge in [-0.15, -0.1) is 35.3 Å². The molecule has 0 bridgehead atoms. The first-order valence-corrected chi connectivity index (χ1v) is 9.11. The number of aryl methyl sites for hydroxylation is 1. The van der Waals surface area contributed by atoms with E-state index in [1.165, 1.54) is 11.1 Å². The van der Waals surface area contributed by atoms with E-state index >= 15 is 0 Å². The molecule has 138 valence electrons. The van der Waals surface area contributed by atoms with Crippen LogP contribution in [-0.4, -0.2) is 31.6 Å². The molecule has 0 aliphatic rings. The summed E-state index contributed by atoms with van der Waals surface area (Å²) >= 11 is 1.64. The summed E-state index contributed by atoms with van der Waals surface area (Å²) in [6, 6.07) is 8.62. The van der Waals surface area contributed by atoms with Gasteiger partial charge in [0, 0.05) is 26.0 Å². The van der Waals surface area contributed by atoms with Gasteiger partial charge in [-0.25, -0.2) is 9.98 Å². The van der Waals surface area contributed by atoms with Crippen molar-refractivity contribution in [2.24, 2.45) is 4.99 Å². The van der Waals surface area contributed by atoms with Gasteiger partial charge in [0.05, 0.1) is 18.3 Å². The molecule has 0 spiro atoms. The van der Waals surface area contributed by atoms with Gasteiger partial charge in [-0.05, 0) is 31.9 Å². The molecule has 2 rings (SSSR count). The molecule has 7 heteroatoms. The van der Waals surface area contributed by atoms with E-state index in [0.29, 0.717) is 6.54 Å². The number of anilines is 1. The van der Waals surface area contributed by atoms with Gasteiger partial charge in [0.2, 0.25) is 0 Å². The number of halogens is 1. The number of benzene rings is 1. The monoisotopic (exact) mass is 473 g/mol. The molecule has 25 heavy (non-hydrogen) atoms. The number of nitrogens with zero attached hydrogens (tertiary/aromatic N) is 3. The molecule has 1 atom stereocenters. The maximum absolute atomic E-state index is 4.67. The summed E-state index contributed by atoms with van der Waals surface area (Å²) in [5.41, 5.74) is 3.56. The smallest absolute Gasteiger partial charge is 0.192 e. The highest BCUT2D eigenvalue weighted by Gasteiger charge is 2.10. The van der Waals surface area contributed by atoms with Crippen LogP contribution in [-0.2, 0) is 6.54 Å². The average Bonchev–Trinajstić information content (AvgIpc) is 3.02. The molecule has 1 aromatic heterocycles. The lowest BCUT2D eigenvalue weighted by atomic mass is 10.0. The Bertz CT molecular complexity index is 684. The van der Waals surface area contributed by atoms with Crippen LogP contribution in [0.2, 0.25) is 0 Å². The SMILES string of the molecule is CCNC(=NCc1csc(N(C)C)n1)NC(C)c1ccccc1C.I. The molecule has 0 saturated carbocycles. The fourth-order valence-electron chi connectivity index (χ4n) is 2.41. The molecule has 5 nitrogen and oxygen atoms in total. The fraction of sp³-hybridized carbons (Fsp3) is 0.444. The van der Waals surface area contributed by atoms with E-state index < -0.39 is 0 Å². The molecule has 0 aliphatic heterocycles. The predicted molar refractivity (Wildman–Crippen MR) is 119 cm³/mol. The first kappa shape index (κ1) is 21.7. The second-order valence-corrected chi connectivity index (χ2v) is 6.77. The van der Waals surface area contributed by atoms with Crippen LogP contribution >= 0.6 is 35.3 Å². The molecule has 2 aromatic rings. The van der Waals surface area contributed by atoms with Crippen molar-refractivity contribution < 1.29 is 0 Å². The summed E-state index contributed by atoms with van der Waals surface area (Å²) in [6.45, 7) is 7.76. The third-order valence-electron chi connectivity index (χ3n) is 3.67.